The van der Waals surface area contributed by atoms with E-state index in [4.69, 9.17) is 4.74 Å². The SMILES string of the molecule is CCCN(C1CCNCC1)S(=O)(=O)c1cc([N+](=O)[O-])ccc1OC. The van der Waals surface area contributed by atoms with Crippen molar-refractivity contribution in [3.05, 3.63) is 28.3 Å². The Balaban J connectivity index is 2.48. The summed E-state index contributed by atoms with van der Waals surface area (Å²) in [5, 5.41) is 14.2. The third kappa shape index (κ3) is 3.85. The number of rotatable bonds is 7. The maximum Gasteiger partial charge on any atom is 0.271 e. The second kappa shape index (κ2) is 7.91. The minimum Gasteiger partial charge on any atom is -0.495 e. The van der Waals surface area contributed by atoms with Crippen molar-refractivity contribution in [3.63, 3.8) is 0 Å². The number of piperidine rings is 1. The number of ether oxygens (including phenoxy) is 1. The summed E-state index contributed by atoms with van der Waals surface area (Å²) in [5.41, 5.74) is -0.267. The summed E-state index contributed by atoms with van der Waals surface area (Å²) >= 11 is 0. The van der Waals surface area contributed by atoms with Crippen molar-refractivity contribution in [2.45, 2.75) is 37.1 Å². The van der Waals surface area contributed by atoms with Gasteiger partial charge in [-0.2, -0.15) is 4.31 Å². The van der Waals surface area contributed by atoms with Crippen molar-refractivity contribution in [1.29, 1.82) is 0 Å². The van der Waals surface area contributed by atoms with Gasteiger partial charge in [0.25, 0.3) is 5.69 Å². The maximum atomic E-state index is 13.2. The molecule has 1 aromatic carbocycles. The first-order valence-corrected chi connectivity index (χ1v) is 9.40. The van der Waals surface area contributed by atoms with E-state index in [0.29, 0.717) is 13.0 Å². The molecule has 0 atom stereocenters. The summed E-state index contributed by atoms with van der Waals surface area (Å²) in [6.45, 7) is 3.80. The highest BCUT2D eigenvalue weighted by Gasteiger charge is 2.34. The van der Waals surface area contributed by atoms with Crippen molar-refractivity contribution in [2.75, 3.05) is 26.7 Å². The van der Waals surface area contributed by atoms with Gasteiger partial charge in [-0.25, -0.2) is 8.42 Å². The maximum absolute atomic E-state index is 13.2. The molecule has 24 heavy (non-hydrogen) atoms. The van der Waals surface area contributed by atoms with Crippen molar-refractivity contribution in [2.24, 2.45) is 0 Å². The summed E-state index contributed by atoms with van der Waals surface area (Å²) < 4.78 is 33.0. The molecular weight excluding hydrogens is 334 g/mol. The second-order valence-electron chi connectivity index (χ2n) is 5.69. The molecule has 0 unspecified atom stereocenters. The summed E-state index contributed by atoms with van der Waals surface area (Å²) in [6, 6.07) is 3.54. The predicted molar refractivity (Wildman–Crippen MR) is 89.7 cm³/mol. The van der Waals surface area contributed by atoms with Crippen LogP contribution in [0.3, 0.4) is 0 Å². The van der Waals surface area contributed by atoms with Crippen LogP contribution < -0.4 is 10.1 Å². The van der Waals surface area contributed by atoms with E-state index in [-0.39, 0.29) is 22.4 Å². The number of nitrogens with one attached hydrogen (secondary N) is 1. The Morgan fingerprint density at radius 3 is 2.58 bits per heavy atom. The fourth-order valence-corrected chi connectivity index (χ4v) is 4.88. The highest BCUT2D eigenvalue weighted by molar-refractivity contribution is 7.89. The van der Waals surface area contributed by atoms with Crippen LogP contribution in [0.15, 0.2) is 23.1 Å². The monoisotopic (exact) mass is 357 g/mol. The van der Waals surface area contributed by atoms with Crippen LogP contribution in [-0.4, -0.2) is 50.4 Å². The average molecular weight is 357 g/mol. The summed E-state index contributed by atoms with van der Waals surface area (Å²) in [6.07, 6.45) is 2.10. The topological polar surface area (TPSA) is 102 Å². The molecule has 9 heteroatoms. The van der Waals surface area contributed by atoms with E-state index >= 15 is 0 Å². The van der Waals surface area contributed by atoms with E-state index in [0.717, 1.165) is 32.0 Å². The minimum atomic E-state index is -3.89. The second-order valence-corrected chi connectivity index (χ2v) is 7.55. The van der Waals surface area contributed by atoms with Gasteiger partial charge in [-0.15, -0.1) is 0 Å². The van der Waals surface area contributed by atoms with E-state index in [9.17, 15) is 18.5 Å². The highest BCUT2D eigenvalue weighted by Crippen LogP contribution is 2.32. The van der Waals surface area contributed by atoms with E-state index in [1.165, 1.54) is 23.5 Å². The molecule has 0 aliphatic carbocycles. The molecule has 1 aliphatic heterocycles. The van der Waals surface area contributed by atoms with Crippen molar-refractivity contribution in [1.82, 2.24) is 9.62 Å². The van der Waals surface area contributed by atoms with E-state index in [1.807, 2.05) is 6.92 Å². The smallest absolute Gasteiger partial charge is 0.271 e. The van der Waals surface area contributed by atoms with Crippen LogP contribution in [-0.2, 0) is 10.0 Å². The fraction of sp³-hybridized carbons (Fsp3) is 0.600. The molecule has 0 bridgehead atoms. The molecule has 134 valence electrons. The molecule has 1 aliphatic rings. The van der Waals surface area contributed by atoms with Crippen LogP contribution in [0.2, 0.25) is 0 Å². The minimum absolute atomic E-state index is 0.111. The first-order chi connectivity index (χ1) is 11.4. The first-order valence-electron chi connectivity index (χ1n) is 7.96. The number of sulfonamides is 1. The Hall–Kier alpha value is -1.71. The van der Waals surface area contributed by atoms with E-state index < -0.39 is 14.9 Å². The molecule has 0 radical (unpaired) electrons. The van der Waals surface area contributed by atoms with Crippen LogP contribution in [0.5, 0.6) is 5.75 Å². The molecule has 1 heterocycles. The Morgan fingerprint density at radius 2 is 2.04 bits per heavy atom. The van der Waals surface area contributed by atoms with Crippen LogP contribution >= 0.6 is 0 Å². The fourth-order valence-electron chi connectivity index (χ4n) is 2.92. The lowest BCUT2D eigenvalue weighted by Gasteiger charge is -2.33. The number of nitro benzene ring substituents is 1. The van der Waals surface area contributed by atoms with Gasteiger partial charge in [-0.1, -0.05) is 6.92 Å². The van der Waals surface area contributed by atoms with Crippen LogP contribution in [0.25, 0.3) is 0 Å². The number of methoxy groups -OCH3 is 1. The zero-order valence-electron chi connectivity index (χ0n) is 13.9. The van der Waals surface area contributed by atoms with Gasteiger partial charge in [0, 0.05) is 24.7 Å². The molecule has 0 saturated carbocycles. The molecule has 1 aromatic rings. The number of nitro groups is 1. The molecule has 2 rings (SSSR count). The molecule has 1 fully saturated rings. The molecule has 1 N–H and O–H groups in total. The van der Waals surface area contributed by atoms with Gasteiger partial charge < -0.3 is 10.1 Å². The lowest BCUT2D eigenvalue weighted by molar-refractivity contribution is -0.385. The van der Waals surface area contributed by atoms with Gasteiger partial charge in [-0.05, 0) is 38.4 Å². The Labute approximate surface area is 142 Å². The van der Waals surface area contributed by atoms with Crippen LogP contribution in [0.1, 0.15) is 26.2 Å². The van der Waals surface area contributed by atoms with Crippen molar-refractivity contribution >= 4 is 15.7 Å². The van der Waals surface area contributed by atoms with Gasteiger partial charge in [0.05, 0.1) is 12.0 Å². The van der Waals surface area contributed by atoms with Gasteiger partial charge >= 0.3 is 0 Å². The molecule has 8 nitrogen and oxygen atoms in total. The van der Waals surface area contributed by atoms with Crippen LogP contribution in [0, 0.1) is 10.1 Å². The highest BCUT2D eigenvalue weighted by atomic mass is 32.2. The summed E-state index contributed by atoms with van der Waals surface area (Å²) in [7, 11) is -2.53. The predicted octanol–water partition coefficient (Wildman–Crippen LogP) is 1.76. The van der Waals surface area contributed by atoms with E-state index in [1.54, 1.807) is 0 Å². The third-order valence-electron chi connectivity index (χ3n) is 4.10. The standard InChI is InChI=1S/C15H23N3O5S/c1-3-10-17(12-6-8-16-9-7-12)24(21,22)15-11-13(18(19)20)4-5-14(15)23-2/h4-5,11-12,16H,3,6-10H2,1-2H3. The molecule has 1 saturated heterocycles. The molecule has 0 aromatic heterocycles. The quantitative estimate of drug-likeness (QED) is 0.589. The van der Waals surface area contributed by atoms with Gasteiger partial charge in [-0.3, -0.25) is 10.1 Å². The van der Waals surface area contributed by atoms with Gasteiger partial charge in [0.15, 0.2) is 0 Å². The summed E-state index contributed by atoms with van der Waals surface area (Å²) in [5.74, 6) is 0.121. The largest absolute Gasteiger partial charge is 0.495 e. The van der Waals surface area contributed by atoms with Gasteiger partial charge in [0.1, 0.15) is 10.6 Å². The van der Waals surface area contributed by atoms with Crippen LogP contribution in [0.4, 0.5) is 5.69 Å². The summed E-state index contributed by atoms with van der Waals surface area (Å²) in [4.78, 5) is 10.3. The normalized spacial score (nSPS) is 16.3. The number of hydrogen-bond acceptors (Lipinski definition) is 6. The first kappa shape index (κ1) is 18.6. The number of benzene rings is 1. The lowest BCUT2D eigenvalue weighted by atomic mass is 10.1. The number of non-ortho nitro benzene ring substituents is 1. The molecular formula is C15H23N3O5S. The zero-order valence-corrected chi connectivity index (χ0v) is 14.7. The van der Waals surface area contributed by atoms with Gasteiger partial charge in [0.2, 0.25) is 10.0 Å². The molecule has 0 spiro atoms. The average Bonchev–Trinajstić information content (AvgIpc) is 2.59. The Morgan fingerprint density at radius 1 is 1.38 bits per heavy atom. The number of hydrogen-bond donors (Lipinski definition) is 1. The lowest BCUT2D eigenvalue weighted by Crippen LogP contribution is -2.46. The van der Waals surface area contributed by atoms with E-state index in [2.05, 4.69) is 5.32 Å². The zero-order chi connectivity index (χ0) is 17.7. The van der Waals surface area contributed by atoms with Crippen molar-refractivity contribution < 1.29 is 18.1 Å². The third-order valence-corrected chi connectivity index (χ3v) is 6.08. The number of nitrogens with zero attached hydrogens (tertiary/aromatic N) is 2. The molecule has 0 amide bonds. The Kier molecular flexibility index (Phi) is 6.14. The Bertz CT molecular complexity index is 686. The van der Waals surface area contributed by atoms with Crippen molar-refractivity contribution in [3.8, 4) is 5.75 Å².